The van der Waals surface area contributed by atoms with E-state index in [9.17, 15) is 0 Å². The van der Waals surface area contributed by atoms with Crippen molar-refractivity contribution in [2.24, 2.45) is 0 Å². The van der Waals surface area contributed by atoms with E-state index < -0.39 is 0 Å². The molecule has 0 spiro atoms. The zero-order valence-corrected chi connectivity index (χ0v) is 11.4. The van der Waals surface area contributed by atoms with Gasteiger partial charge in [-0.1, -0.05) is 45.4 Å². The fourth-order valence-electron chi connectivity index (χ4n) is 2.04. The molecule has 1 N–H and O–H groups in total. The summed E-state index contributed by atoms with van der Waals surface area (Å²) in [5, 5.41) is 3.49. The highest BCUT2D eigenvalue weighted by molar-refractivity contribution is 5.02. The monoisotopic (exact) mass is 237 g/mol. The van der Waals surface area contributed by atoms with Gasteiger partial charge >= 0.3 is 0 Å². The summed E-state index contributed by atoms with van der Waals surface area (Å²) in [5.41, 5.74) is 0. The van der Waals surface area contributed by atoms with Gasteiger partial charge < -0.3 is 9.73 Å². The van der Waals surface area contributed by atoms with E-state index in [0.29, 0.717) is 6.04 Å². The van der Waals surface area contributed by atoms with Crippen molar-refractivity contribution in [1.82, 2.24) is 5.32 Å². The Balaban J connectivity index is 1.90. The van der Waals surface area contributed by atoms with E-state index in [1.54, 1.807) is 6.26 Å². The zero-order chi connectivity index (χ0) is 12.3. The Bertz CT molecular complexity index is 256. The Hall–Kier alpha value is -0.760. The Labute approximate surface area is 106 Å². The number of unbranched alkanes of at least 4 members (excludes halogenated alkanes) is 6. The molecule has 1 rings (SSSR count). The summed E-state index contributed by atoms with van der Waals surface area (Å²) < 4.78 is 5.36. The van der Waals surface area contributed by atoms with Crippen molar-refractivity contribution in [3.8, 4) is 0 Å². The van der Waals surface area contributed by atoms with Crippen molar-refractivity contribution >= 4 is 0 Å². The molecule has 2 nitrogen and oxygen atoms in total. The van der Waals surface area contributed by atoms with Crippen molar-refractivity contribution in [2.45, 2.75) is 64.8 Å². The highest BCUT2D eigenvalue weighted by atomic mass is 16.3. The van der Waals surface area contributed by atoms with Crippen molar-refractivity contribution in [1.29, 1.82) is 0 Å². The summed E-state index contributed by atoms with van der Waals surface area (Å²) in [6.45, 7) is 5.51. The normalized spacial score (nSPS) is 12.8. The van der Waals surface area contributed by atoms with E-state index in [1.807, 2.05) is 12.1 Å². The molecule has 0 aliphatic carbocycles. The van der Waals surface area contributed by atoms with Crippen LogP contribution in [0.5, 0.6) is 0 Å². The maximum atomic E-state index is 5.36. The van der Waals surface area contributed by atoms with Gasteiger partial charge in [0.25, 0.3) is 0 Å². The molecule has 1 heterocycles. The molecule has 0 bridgehead atoms. The Morgan fingerprint density at radius 3 is 2.47 bits per heavy atom. The van der Waals surface area contributed by atoms with E-state index >= 15 is 0 Å². The molecule has 0 saturated carbocycles. The molecule has 17 heavy (non-hydrogen) atoms. The molecule has 0 amide bonds. The van der Waals surface area contributed by atoms with Crippen LogP contribution in [0.1, 0.15) is 70.6 Å². The maximum Gasteiger partial charge on any atom is 0.120 e. The third-order valence-electron chi connectivity index (χ3n) is 3.20. The molecule has 1 atom stereocenters. The minimum atomic E-state index is 0.338. The predicted octanol–water partition coefficient (Wildman–Crippen LogP) is 4.68. The Morgan fingerprint density at radius 2 is 1.82 bits per heavy atom. The van der Waals surface area contributed by atoms with Crippen LogP contribution in [0.25, 0.3) is 0 Å². The second-order valence-electron chi connectivity index (χ2n) is 4.81. The molecule has 1 aromatic heterocycles. The van der Waals surface area contributed by atoms with Crippen LogP contribution >= 0.6 is 0 Å². The third-order valence-corrected chi connectivity index (χ3v) is 3.20. The van der Waals surface area contributed by atoms with Crippen LogP contribution in [0.15, 0.2) is 22.8 Å². The first-order valence-corrected chi connectivity index (χ1v) is 7.11. The van der Waals surface area contributed by atoms with Crippen LogP contribution in [0.3, 0.4) is 0 Å². The standard InChI is InChI=1S/C15H27NO/c1-3-4-5-6-7-8-9-12-16-14(2)15-11-10-13-17-15/h10-11,13-14,16H,3-9,12H2,1-2H3. The number of hydrogen-bond donors (Lipinski definition) is 1. The minimum absolute atomic E-state index is 0.338. The molecule has 0 aromatic carbocycles. The Kier molecular flexibility index (Phi) is 7.81. The largest absolute Gasteiger partial charge is 0.468 e. The topological polar surface area (TPSA) is 25.2 Å². The lowest BCUT2D eigenvalue weighted by atomic mass is 10.1. The molecule has 98 valence electrons. The van der Waals surface area contributed by atoms with E-state index in [2.05, 4.69) is 19.2 Å². The van der Waals surface area contributed by atoms with E-state index in [0.717, 1.165) is 12.3 Å². The first-order chi connectivity index (χ1) is 8.34. The van der Waals surface area contributed by atoms with Gasteiger partial charge in [-0.05, 0) is 32.0 Å². The van der Waals surface area contributed by atoms with Gasteiger partial charge in [-0.2, -0.15) is 0 Å². The smallest absolute Gasteiger partial charge is 0.120 e. The molecule has 0 saturated heterocycles. The van der Waals surface area contributed by atoms with Crippen LogP contribution in [-0.4, -0.2) is 6.54 Å². The highest BCUT2D eigenvalue weighted by Gasteiger charge is 2.05. The third kappa shape index (κ3) is 6.52. The second kappa shape index (κ2) is 9.29. The average Bonchev–Trinajstić information content (AvgIpc) is 2.86. The van der Waals surface area contributed by atoms with Crippen molar-refractivity contribution < 1.29 is 4.42 Å². The zero-order valence-electron chi connectivity index (χ0n) is 11.4. The van der Waals surface area contributed by atoms with Gasteiger partial charge in [0.05, 0.1) is 12.3 Å². The van der Waals surface area contributed by atoms with Gasteiger partial charge in [-0.15, -0.1) is 0 Å². The quantitative estimate of drug-likeness (QED) is 0.598. The second-order valence-corrected chi connectivity index (χ2v) is 4.81. The summed E-state index contributed by atoms with van der Waals surface area (Å²) in [7, 11) is 0. The summed E-state index contributed by atoms with van der Waals surface area (Å²) in [4.78, 5) is 0. The summed E-state index contributed by atoms with van der Waals surface area (Å²) >= 11 is 0. The molecule has 0 aliphatic rings. The molecule has 0 fully saturated rings. The summed E-state index contributed by atoms with van der Waals surface area (Å²) in [6, 6.07) is 4.31. The minimum Gasteiger partial charge on any atom is -0.468 e. The maximum absolute atomic E-state index is 5.36. The predicted molar refractivity (Wildman–Crippen MR) is 73.1 cm³/mol. The fraction of sp³-hybridized carbons (Fsp3) is 0.733. The molecule has 1 unspecified atom stereocenters. The van der Waals surface area contributed by atoms with Gasteiger partial charge in [-0.25, -0.2) is 0 Å². The first kappa shape index (κ1) is 14.3. The molecular weight excluding hydrogens is 210 g/mol. The average molecular weight is 237 g/mol. The molecular formula is C15H27NO. The number of rotatable bonds is 10. The van der Waals surface area contributed by atoms with Crippen LogP contribution < -0.4 is 5.32 Å². The van der Waals surface area contributed by atoms with E-state index in [4.69, 9.17) is 4.42 Å². The SMILES string of the molecule is CCCCCCCCCNC(C)c1ccco1. The summed E-state index contributed by atoms with van der Waals surface area (Å²) in [5.74, 6) is 1.04. The van der Waals surface area contributed by atoms with E-state index in [1.165, 1.54) is 44.9 Å². The first-order valence-electron chi connectivity index (χ1n) is 7.11. The number of hydrogen-bond acceptors (Lipinski definition) is 2. The van der Waals surface area contributed by atoms with Gasteiger partial charge in [0.2, 0.25) is 0 Å². The van der Waals surface area contributed by atoms with Gasteiger partial charge in [-0.3, -0.25) is 0 Å². The fourth-order valence-corrected chi connectivity index (χ4v) is 2.04. The van der Waals surface area contributed by atoms with E-state index in [-0.39, 0.29) is 0 Å². The van der Waals surface area contributed by atoms with Crippen molar-refractivity contribution in [2.75, 3.05) is 6.54 Å². The van der Waals surface area contributed by atoms with Crippen molar-refractivity contribution in [3.05, 3.63) is 24.2 Å². The van der Waals surface area contributed by atoms with Crippen LogP contribution in [0.4, 0.5) is 0 Å². The molecule has 0 aliphatic heterocycles. The van der Waals surface area contributed by atoms with Gasteiger partial charge in [0.1, 0.15) is 5.76 Å². The summed E-state index contributed by atoms with van der Waals surface area (Å²) in [6.07, 6.45) is 11.3. The molecule has 1 aromatic rings. The van der Waals surface area contributed by atoms with Gasteiger partial charge in [0, 0.05) is 0 Å². The van der Waals surface area contributed by atoms with Gasteiger partial charge in [0.15, 0.2) is 0 Å². The molecule has 2 heteroatoms. The lowest BCUT2D eigenvalue weighted by molar-refractivity contribution is 0.425. The number of nitrogens with one attached hydrogen (secondary N) is 1. The van der Waals surface area contributed by atoms with Crippen LogP contribution in [-0.2, 0) is 0 Å². The lowest BCUT2D eigenvalue weighted by Gasteiger charge is -2.10. The highest BCUT2D eigenvalue weighted by Crippen LogP contribution is 2.12. The number of furan rings is 1. The Morgan fingerprint density at radius 1 is 1.12 bits per heavy atom. The van der Waals surface area contributed by atoms with Crippen LogP contribution in [0, 0.1) is 0 Å². The van der Waals surface area contributed by atoms with Crippen molar-refractivity contribution in [3.63, 3.8) is 0 Å². The van der Waals surface area contributed by atoms with Crippen LogP contribution in [0.2, 0.25) is 0 Å². The lowest BCUT2D eigenvalue weighted by Crippen LogP contribution is -2.19. The molecule has 0 radical (unpaired) electrons.